The summed E-state index contributed by atoms with van der Waals surface area (Å²) < 4.78 is 0. The van der Waals surface area contributed by atoms with E-state index in [0.29, 0.717) is 22.9 Å². The fourth-order valence-corrected chi connectivity index (χ4v) is 2.06. The van der Waals surface area contributed by atoms with Crippen LogP contribution in [0.15, 0.2) is 18.2 Å². The Labute approximate surface area is 101 Å². The van der Waals surface area contributed by atoms with E-state index in [-0.39, 0.29) is 11.4 Å². The third kappa shape index (κ3) is 2.52. The third-order valence-corrected chi connectivity index (χ3v) is 3.35. The lowest BCUT2D eigenvalue weighted by atomic mass is 9.98. The lowest BCUT2D eigenvalue weighted by Gasteiger charge is -2.26. The smallest absolute Gasteiger partial charge is 0.253 e. The minimum atomic E-state index is -0.162. The summed E-state index contributed by atoms with van der Waals surface area (Å²) in [7, 11) is 0. The minimum Gasteiger partial charge on any atom is -0.399 e. The normalized spacial score (nSPS) is 15.6. The van der Waals surface area contributed by atoms with Crippen LogP contribution in [-0.2, 0) is 0 Å². The highest BCUT2D eigenvalue weighted by atomic mass is 16.1. The molecule has 17 heavy (non-hydrogen) atoms. The molecule has 0 heterocycles. The van der Waals surface area contributed by atoms with Crippen molar-refractivity contribution in [3.63, 3.8) is 0 Å². The van der Waals surface area contributed by atoms with Crippen LogP contribution in [0.4, 0.5) is 11.4 Å². The van der Waals surface area contributed by atoms with Crippen LogP contribution in [0.25, 0.3) is 0 Å². The second-order valence-electron chi connectivity index (χ2n) is 5.30. The quantitative estimate of drug-likeness (QED) is 0.696. The summed E-state index contributed by atoms with van der Waals surface area (Å²) in [5.74, 6) is 0.459. The lowest BCUT2D eigenvalue weighted by Crippen LogP contribution is -2.45. The van der Waals surface area contributed by atoms with Gasteiger partial charge in [-0.3, -0.25) is 4.79 Å². The number of rotatable bonds is 3. The van der Waals surface area contributed by atoms with E-state index in [9.17, 15) is 4.79 Å². The Morgan fingerprint density at radius 2 is 2.00 bits per heavy atom. The Morgan fingerprint density at radius 3 is 2.53 bits per heavy atom. The van der Waals surface area contributed by atoms with Crippen molar-refractivity contribution in [1.29, 1.82) is 0 Å². The largest absolute Gasteiger partial charge is 0.399 e. The van der Waals surface area contributed by atoms with Gasteiger partial charge in [0.15, 0.2) is 0 Å². The van der Waals surface area contributed by atoms with Gasteiger partial charge in [-0.1, -0.05) is 0 Å². The number of hydrogen-bond acceptors (Lipinski definition) is 3. The van der Waals surface area contributed by atoms with Crippen molar-refractivity contribution < 1.29 is 4.79 Å². The average molecular weight is 233 g/mol. The number of benzene rings is 1. The number of anilines is 2. The van der Waals surface area contributed by atoms with E-state index in [1.165, 1.54) is 12.8 Å². The van der Waals surface area contributed by atoms with Gasteiger partial charge in [0.25, 0.3) is 5.91 Å². The lowest BCUT2D eigenvalue weighted by molar-refractivity contribution is 0.0904. The van der Waals surface area contributed by atoms with Crippen molar-refractivity contribution in [2.45, 2.75) is 32.2 Å². The van der Waals surface area contributed by atoms with Crippen molar-refractivity contribution in [1.82, 2.24) is 5.32 Å². The van der Waals surface area contributed by atoms with Gasteiger partial charge in [0, 0.05) is 16.9 Å². The first kappa shape index (κ1) is 11.8. The molecule has 4 nitrogen and oxygen atoms in total. The van der Waals surface area contributed by atoms with Crippen LogP contribution in [0, 0.1) is 5.92 Å². The summed E-state index contributed by atoms with van der Waals surface area (Å²) in [5, 5.41) is 3.04. The molecule has 1 fully saturated rings. The molecule has 0 aromatic heterocycles. The topological polar surface area (TPSA) is 81.1 Å². The Balaban J connectivity index is 2.14. The maximum absolute atomic E-state index is 12.1. The average Bonchev–Trinajstić information content (AvgIpc) is 2.98. The van der Waals surface area contributed by atoms with Crippen LogP contribution in [-0.4, -0.2) is 11.4 Å². The van der Waals surface area contributed by atoms with E-state index in [1.807, 2.05) is 0 Å². The first-order valence-electron chi connectivity index (χ1n) is 5.87. The predicted molar refractivity (Wildman–Crippen MR) is 69.5 cm³/mol. The fourth-order valence-electron chi connectivity index (χ4n) is 2.06. The van der Waals surface area contributed by atoms with Crippen molar-refractivity contribution in [3.8, 4) is 0 Å². The van der Waals surface area contributed by atoms with Gasteiger partial charge in [-0.05, 0) is 50.8 Å². The molecule has 1 aliphatic rings. The van der Waals surface area contributed by atoms with Crippen LogP contribution in [0.3, 0.4) is 0 Å². The van der Waals surface area contributed by atoms with Gasteiger partial charge in [0.1, 0.15) is 0 Å². The van der Waals surface area contributed by atoms with Crippen molar-refractivity contribution in [2.75, 3.05) is 11.5 Å². The third-order valence-electron chi connectivity index (χ3n) is 3.35. The molecule has 1 aromatic carbocycles. The Bertz CT molecular complexity index is 450. The van der Waals surface area contributed by atoms with E-state index in [0.717, 1.165) is 0 Å². The molecule has 4 heteroatoms. The molecule has 2 rings (SSSR count). The molecule has 5 N–H and O–H groups in total. The number of amides is 1. The van der Waals surface area contributed by atoms with Gasteiger partial charge < -0.3 is 16.8 Å². The summed E-state index contributed by atoms with van der Waals surface area (Å²) in [5.41, 5.74) is 12.7. The second kappa shape index (κ2) is 3.95. The zero-order valence-electron chi connectivity index (χ0n) is 10.3. The highest BCUT2D eigenvalue weighted by Gasteiger charge is 2.38. The van der Waals surface area contributed by atoms with Gasteiger partial charge in [-0.2, -0.15) is 0 Å². The van der Waals surface area contributed by atoms with Gasteiger partial charge in [-0.15, -0.1) is 0 Å². The molecule has 0 atom stereocenters. The zero-order chi connectivity index (χ0) is 12.6. The highest BCUT2D eigenvalue weighted by molar-refractivity contribution is 6.00. The van der Waals surface area contributed by atoms with Crippen LogP contribution in [0.1, 0.15) is 37.0 Å². The molecule has 1 aliphatic carbocycles. The van der Waals surface area contributed by atoms with Gasteiger partial charge >= 0.3 is 0 Å². The van der Waals surface area contributed by atoms with E-state index in [4.69, 9.17) is 11.5 Å². The van der Waals surface area contributed by atoms with Crippen LogP contribution in [0.5, 0.6) is 0 Å². The summed E-state index contributed by atoms with van der Waals surface area (Å²) in [6.07, 6.45) is 2.37. The Kier molecular flexibility index (Phi) is 2.73. The number of nitrogens with one attached hydrogen (secondary N) is 1. The fraction of sp³-hybridized carbons (Fsp3) is 0.462. The molecule has 0 aliphatic heterocycles. The maximum Gasteiger partial charge on any atom is 0.253 e. The minimum absolute atomic E-state index is 0.126. The number of nitrogens with two attached hydrogens (primary N) is 2. The molecule has 0 saturated heterocycles. The number of nitrogen functional groups attached to an aromatic ring is 2. The van der Waals surface area contributed by atoms with E-state index in [2.05, 4.69) is 19.2 Å². The highest BCUT2D eigenvalue weighted by Crippen LogP contribution is 2.39. The number of carbonyl (C=O) groups excluding carboxylic acids is 1. The first-order valence-corrected chi connectivity index (χ1v) is 5.87. The summed E-state index contributed by atoms with van der Waals surface area (Å²) >= 11 is 0. The predicted octanol–water partition coefficient (Wildman–Crippen LogP) is 1.77. The molecule has 1 amide bonds. The van der Waals surface area contributed by atoms with Crippen LogP contribution >= 0.6 is 0 Å². The maximum atomic E-state index is 12.1. The summed E-state index contributed by atoms with van der Waals surface area (Å²) in [6, 6.07) is 4.97. The first-order chi connectivity index (χ1) is 7.90. The summed E-state index contributed by atoms with van der Waals surface area (Å²) in [4.78, 5) is 12.1. The van der Waals surface area contributed by atoms with Crippen molar-refractivity contribution in [2.24, 2.45) is 5.92 Å². The molecule has 0 unspecified atom stereocenters. The summed E-state index contributed by atoms with van der Waals surface area (Å²) in [6.45, 7) is 4.10. The Morgan fingerprint density at radius 1 is 1.35 bits per heavy atom. The van der Waals surface area contributed by atoms with E-state index >= 15 is 0 Å². The SMILES string of the molecule is CC(C)(NC(=O)c1ccc(N)cc1N)C1CC1. The molecule has 1 saturated carbocycles. The molecule has 1 aromatic rings. The molecule has 92 valence electrons. The number of hydrogen-bond donors (Lipinski definition) is 3. The molecule has 0 radical (unpaired) electrons. The van der Waals surface area contributed by atoms with E-state index in [1.54, 1.807) is 18.2 Å². The zero-order valence-corrected chi connectivity index (χ0v) is 10.3. The van der Waals surface area contributed by atoms with Crippen LogP contribution in [0.2, 0.25) is 0 Å². The van der Waals surface area contributed by atoms with Crippen LogP contribution < -0.4 is 16.8 Å². The van der Waals surface area contributed by atoms with Crippen molar-refractivity contribution in [3.05, 3.63) is 23.8 Å². The monoisotopic (exact) mass is 233 g/mol. The van der Waals surface area contributed by atoms with E-state index < -0.39 is 0 Å². The molecule has 0 spiro atoms. The van der Waals surface area contributed by atoms with Gasteiger partial charge in [-0.25, -0.2) is 0 Å². The molecular formula is C13H19N3O. The standard InChI is InChI=1S/C13H19N3O/c1-13(2,8-3-4-8)16-12(17)10-6-5-9(14)7-11(10)15/h5-8H,3-4,14-15H2,1-2H3,(H,16,17). The van der Waals surface area contributed by atoms with Crippen molar-refractivity contribution >= 4 is 17.3 Å². The number of carbonyl (C=O) groups is 1. The second-order valence-corrected chi connectivity index (χ2v) is 5.30. The molecule has 0 bridgehead atoms. The Hall–Kier alpha value is -1.71. The van der Waals surface area contributed by atoms with Gasteiger partial charge in [0.2, 0.25) is 0 Å². The van der Waals surface area contributed by atoms with Gasteiger partial charge in [0.05, 0.1) is 5.56 Å². The molecular weight excluding hydrogens is 214 g/mol.